The second-order valence-electron chi connectivity index (χ2n) is 5.61. The largest absolute Gasteiger partial charge is 0.338 e. The molecule has 1 aliphatic rings. The molecule has 8 heteroatoms. The number of urea groups is 1. The summed E-state index contributed by atoms with van der Waals surface area (Å²) >= 11 is 1.32. The van der Waals surface area contributed by atoms with Crippen molar-refractivity contribution >= 4 is 23.7 Å². The first-order chi connectivity index (χ1) is 9.97. The molecule has 1 heterocycles. The molecule has 1 aromatic rings. The van der Waals surface area contributed by atoms with E-state index in [-0.39, 0.29) is 5.91 Å². The third-order valence-corrected chi connectivity index (χ3v) is 4.11. The van der Waals surface area contributed by atoms with Crippen LogP contribution in [0.25, 0.3) is 0 Å². The predicted octanol–water partition coefficient (Wildman–Crippen LogP) is 1.58. The molecule has 0 radical (unpaired) electrons. The predicted molar refractivity (Wildman–Crippen MR) is 80.0 cm³/mol. The SMILES string of the molecule is CC(C)CNC(=O)NC(=O)C(C)Sc1nncn1C1CC1. The molecule has 1 saturated carbocycles. The standard InChI is InChI=1S/C13H21N5O2S/c1-8(2)6-14-12(20)16-11(19)9(3)21-13-17-15-7-18(13)10-4-5-10/h7-10H,4-6H2,1-3H3,(H2,14,16,19,20). The Labute approximate surface area is 128 Å². The minimum Gasteiger partial charge on any atom is -0.338 e. The number of carbonyl (C=O) groups excluding carboxylic acids is 2. The lowest BCUT2D eigenvalue weighted by atomic mass is 10.2. The lowest BCUT2D eigenvalue weighted by Gasteiger charge is -2.12. The van der Waals surface area contributed by atoms with Gasteiger partial charge in [-0.1, -0.05) is 25.6 Å². The maximum atomic E-state index is 12.0. The Morgan fingerprint density at radius 2 is 2.14 bits per heavy atom. The van der Waals surface area contributed by atoms with E-state index in [1.807, 2.05) is 18.4 Å². The highest BCUT2D eigenvalue weighted by Gasteiger charge is 2.28. The summed E-state index contributed by atoms with van der Waals surface area (Å²) in [5.74, 6) is 0.0151. The zero-order valence-corrected chi connectivity index (χ0v) is 13.3. The van der Waals surface area contributed by atoms with Crippen LogP contribution in [0.5, 0.6) is 0 Å². The van der Waals surface area contributed by atoms with Crippen LogP contribution in [-0.2, 0) is 4.79 Å². The minimum absolute atomic E-state index is 0.327. The Morgan fingerprint density at radius 3 is 2.76 bits per heavy atom. The van der Waals surface area contributed by atoms with Crippen molar-refractivity contribution < 1.29 is 9.59 Å². The number of nitrogens with one attached hydrogen (secondary N) is 2. The molecule has 0 aliphatic heterocycles. The fourth-order valence-electron chi connectivity index (χ4n) is 1.69. The van der Waals surface area contributed by atoms with Crippen LogP contribution in [0.2, 0.25) is 0 Å². The van der Waals surface area contributed by atoms with Crippen LogP contribution in [0.15, 0.2) is 11.5 Å². The van der Waals surface area contributed by atoms with E-state index in [1.165, 1.54) is 11.8 Å². The van der Waals surface area contributed by atoms with E-state index < -0.39 is 11.3 Å². The van der Waals surface area contributed by atoms with Crippen LogP contribution in [0.4, 0.5) is 4.79 Å². The third kappa shape index (κ3) is 4.73. The molecule has 2 rings (SSSR count). The van der Waals surface area contributed by atoms with Gasteiger partial charge in [0.05, 0.1) is 5.25 Å². The number of rotatable bonds is 6. The maximum absolute atomic E-state index is 12.0. The van der Waals surface area contributed by atoms with Gasteiger partial charge in [-0.05, 0) is 25.7 Å². The summed E-state index contributed by atoms with van der Waals surface area (Å²) in [6, 6.07) is 0.0110. The summed E-state index contributed by atoms with van der Waals surface area (Å²) in [5.41, 5.74) is 0. The van der Waals surface area contributed by atoms with Gasteiger partial charge >= 0.3 is 6.03 Å². The highest BCUT2D eigenvalue weighted by Crippen LogP contribution is 2.37. The van der Waals surface area contributed by atoms with Crippen LogP contribution in [0.3, 0.4) is 0 Å². The molecule has 0 bridgehead atoms. The highest BCUT2D eigenvalue weighted by molar-refractivity contribution is 8.00. The molecule has 0 spiro atoms. The molecule has 1 atom stereocenters. The Hall–Kier alpha value is -1.57. The molecule has 2 N–H and O–H groups in total. The van der Waals surface area contributed by atoms with Gasteiger partial charge in [0, 0.05) is 12.6 Å². The van der Waals surface area contributed by atoms with Crippen LogP contribution < -0.4 is 10.6 Å². The van der Waals surface area contributed by atoms with Gasteiger partial charge in [-0.25, -0.2) is 4.79 Å². The molecule has 116 valence electrons. The fraction of sp³-hybridized carbons (Fsp3) is 0.692. The minimum atomic E-state index is -0.454. The smallest absolute Gasteiger partial charge is 0.321 e. The number of hydrogen-bond donors (Lipinski definition) is 2. The van der Waals surface area contributed by atoms with E-state index >= 15 is 0 Å². The quantitative estimate of drug-likeness (QED) is 0.779. The highest BCUT2D eigenvalue weighted by atomic mass is 32.2. The molecular formula is C13H21N5O2S. The van der Waals surface area contributed by atoms with Crippen molar-refractivity contribution in [1.82, 2.24) is 25.4 Å². The number of amides is 3. The van der Waals surface area contributed by atoms with E-state index in [1.54, 1.807) is 13.3 Å². The number of thioether (sulfide) groups is 1. The average molecular weight is 311 g/mol. The van der Waals surface area contributed by atoms with Crippen molar-refractivity contribution in [3.63, 3.8) is 0 Å². The molecule has 0 saturated heterocycles. The van der Waals surface area contributed by atoms with Gasteiger partial charge < -0.3 is 9.88 Å². The Bertz CT molecular complexity index is 512. The fourth-order valence-corrected chi connectivity index (χ4v) is 2.58. The molecular weight excluding hydrogens is 290 g/mol. The molecule has 7 nitrogen and oxygen atoms in total. The summed E-state index contributed by atoms with van der Waals surface area (Å²) in [6.45, 7) is 6.27. The van der Waals surface area contributed by atoms with Crippen molar-refractivity contribution in [1.29, 1.82) is 0 Å². The van der Waals surface area contributed by atoms with Gasteiger partial charge in [-0.3, -0.25) is 10.1 Å². The number of nitrogens with zero attached hydrogens (tertiary/aromatic N) is 3. The molecule has 1 unspecified atom stereocenters. The van der Waals surface area contributed by atoms with Crippen molar-refractivity contribution in [2.24, 2.45) is 5.92 Å². The summed E-state index contributed by atoms with van der Waals surface area (Å²) in [6.07, 6.45) is 3.95. The van der Waals surface area contributed by atoms with Crippen molar-refractivity contribution in [2.45, 2.75) is 50.1 Å². The lowest BCUT2D eigenvalue weighted by molar-refractivity contribution is -0.119. The molecule has 1 aliphatic carbocycles. The first-order valence-electron chi connectivity index (χ1n) is 7.12. The monoisotopic (exact) mass is 311 g/mol. The second kappa shape index (κ2) is 6.93. The van der Waals surface area contributed by atoms with E-state index in [4.69, 9.17) is 0 Å². The third-order valence-electron chi connectivity index (χ3n) is 3.04. The van der Waals surface area contributed by atoms with E-state index in [9.17, 15) is 9.59 Å². The maximum Gasteiger partial charge on any atom is 0.321 e. The van der Waals surface area contributed by atoms with Crippen molar-refractivity contribution in [2.75, 3.05) is 6.54 Å². The Morgan fingerprint density at radius 1 is 1.43 bits per heavy atom. The number of imide groups is 1. The summed E-state index contributed by atoms with van der Waals surface area (Å²) in [5, 5.41) is 13.2. The first kappa shape index (κ1) is 15.8. The van der Waals surface area contributed by atoms with Crippen LogP contribution >= 0.6 is 11.8 Å². The molecule has 0 aromatic carbocycles. The summed E-state index contributed by atoms with van der Waals surface area (Å²) in [7, 11) is 0. The van der Waals surface area contributed by atoms with Gasteiger partial charge in [0.25, 0.3) is 0 Å². The van der Waals surface area contributed by atoms with Gasteiger partial charge in [0.1, 0.15) is 6.33 Å². The molecule has 3 amide bonds. The Kier molecular flexibility index (Phi) is 5.22. The zero-order chi connectivity index (χ0) is 15.4. The molecule has 1 fully saturated rings. The number of carbonyl (C=O) groups is 2. The molecule has 21 heavy (non-hydrogen) atoms. The number of aromatic nitrogens is 3. The summed E-state index contributed by atoms with van der Waals surface area (Å²) < 4.78 is 1.99. The second-order valence-corrected chi connectivity index (χ2v) is 6.91. The van der Waals surface area contributed by atoms with Gasteiger partial charge in [0.15, 0.2) is 5.16 Å². The Balaban J connectivity index is 1.82. The zero-order valence-electron chi connectivity index (χ0n) is 12.5. The van der Waals surface area contributed by atoms with Gasteiger partial charge in [-0.15, -0.1) is 10.2 Å². The van der Waals surface area contributed by atoms with E-state index in [0.717, 1.165) is 18.0 Å². The summed E-state index contributed by atoms with van der Waals surface area (Å²) in [4.78, 5) is 23.5. The van der Waals surface area contributed by atoms with E-state index in [2.05, 4.69) is 20.8 Å². The average Bonchev–Trinajstić information content (AvgIpc) is 3.17. The van der Waals surface area contributed by atoms with Gasteiger partial charge in [-0.2, -0.15) is 0 Å². The van der Waals surface area contributed by atoms with Crippen molar-refractivity contribution in [3.05, 3.63) is 6.33 Å². The normalized spacial score (nSPS) is 15.8. The van der Waals surface area contributed by atoms with Gasteiger partial charge in [0.2, 0.25) is 5.91 Å². The van der Waals surface area contributed by atoms with E-state index in [0.29, 0.717) is 18.5 Å². The topological polar surface area (TPSA) is 88.9 Å². The van der Waals surface area contributed by atoms with Crippen LogP contribution in [-0.4, -0.2) is 38.5 Å². The molecule has 1 aromatic heterocycles. The number of hydrogen-bond acceptors (Lipinski definition) is 5. The first-order valence-corrected chi connectivity index (χ1v) is 8.00. The lowest BCUT2D eigenvalue weighted by Crippen LogP contribution is -2.43. The van der Waals surface area contributed by atoms with Crippen LogP contribution in [0, 0.1) is 5.92 Å². The van der Waals surface area contributed by atoms with Crippen molar-refractivity contribution in [3.8, 4) is 0 Å². The van der Waals surface area contributed by atoms with Crippen LogP contribution in [0.1, 0.15) is 39.7 Å².